The van der Waals surface area contributed by atoms with Gasteiger partial charge in [0, 0.05) is 13.1 Å². The smallest absolute Gasteiger partial charge is 0.114 e. The maximum atomic E-state index is 8.81. The van der Waals surface area contributed by atoms with Crippen LogP contribution in [0.2, 0.25) is 0 Å². The van der Waals surface area contributed by atoms with Crippen LogP contribution in [0.1, 0.15) is 41.1 Å². The van der Waals surface area contributed by atoms with Crippen LogP contribution in [-0.2, 0) is 12.8 Å². The Hall–Kier alpha value is -1.86. The summed E-state index contributed by atoms with van der Waals surface area (Å²) in [5.74, 6) is 0. The molecule has 0 N–H and O–H groups in total. The number of thiazole rings is 1. The average Bonchev–Trinajstić information content (AvgIpc) is 3.17. The van der Waals surface area contributed by atoms with Crippen LogP contribution < -0.4 is 4.90 Å². The largest absolute Gasteiger partial charge is 0.362 e. The first-order valence-corrected chi connectivity index (χ1v) is 8.78. The van der Waals surface area contributed by atoms with E-state index < -0.39 is 0 Å². The summed E-state index contributed by atoms with van der Waals surface area (Å²) in [6.45, 7) is 4.51. The topological polar surface area (TPSA) is 39.9 Å². The average molecular weight is 311 g/mol. The number of anilines is 1. The lowest BCUT2D eigenvalue weighted by Crippen LogP contribution is -2.16. The van der Waals surface area contributed by atoms with E-state index in [0.29, 0.717) is 0 Å². The van der Waals surface area contributed by atoms with Gasteiger partial charge in [-0.05, 0) is 56.7 Å². The highest BCUT2D eigenvalue weighted by Crippen LogP contribution is 2.31. The van der Waals surface area contributed by atoms with E-state index in [9.17, 15) is 0 Å². The Labute approximate surface area is 136 Å². The second-order valence-corrected chi connectivity index (χ2v) is 6.92. The quantitative estimate of drug-likeness (QED) is 0.834. The molecule has 114 valence electrons. The number of nitriles is 1. The SMILES string of the molecule is Cc1nc(CCCc2ccc(C#N)cc2)sc1N1CCCC1. The Morgan fingerprint density at radius 2 is 1.91 bits per heavy atom. The summed E-state index contributed by atoms with van der Waals surface area (Å²) in [5.41, 5.74) is 3.22. The van der Waals surface area contributed by atoms with E-state index in [1.54, 1.807) is 0 Å². The molecule has 22 heavy (non-hydrogen) atoms. The third-order valence-electron chi connectivity index (χ3n) is 4.15. The molecular weight excluding hydrogens is 290 g/mol. The first-order chi connectivity index (χ1) is 10.8. The predicted molar refractivity (Wildman–Crippen MR) is 91.5 cm³/mol. The molecule has 1 aromatic carbocycles. The molecule has 2 aromatic rings. The van der Waals surface area contributed by atoms with Gasteiger partial charge in [0.2, 0.25) is 0 Å². The first-order valence-electron chi connectivity index (χ1n) is 7.96. The summed E-state index contributed by atoms with van der Waals surface area (Å²) in [6.07, 6.45) is 5.82. The van der Waals surface area contributed by atoms with E-state index in [4.69, 9.17) is 10.2 Å². The van der Waals surface area contributed by atoms with E-state index in [-0.39, 0.29) is 0 Å². The molecule has 3 rings (SSSR count). The van der Waals surface area contributed by atoms with Gasteiger partial charge in [0.15, 0.2) is 0 Å². The van der Waals surface area contributed by atoms with Crippen LogP contribution in [0, 0.1) is 18.3 Å². The van der Waals surface area contributed by atoms with Crippen molar-refractivity contribution in [1.29, 1.82) is 5.26 Å². The minimum absolute atomic E-state index is 0.731. The van der Waals surface area contributed by atoms with Crippen LogP contribution in [0.4, 0.5) is 5.00 Å². The molecular formula is C18H21N3S. The van der Waals surface area contributed by atoms with Gasteiger partial charge in [0.1, 0.15) is 5.00 Å². The second-order valence-electron chi connectivity index (χ2n) is 5.85. The van der Waals surface area contributed by atoms with Crippen molar-refractivity contribution >= 4 is 16.3 Å². The number of benzene rings is 1. The third-order valence-corrected chi connectivity index (χ3v) is 5.43. The lowest BCUT2D eigenvalue weighted by molar-refractivity contribution is 0.812. The summed E-state index contributed by atoms with van der Waals surface area (Å²) < 4.78 is 0. The number of nitrogens with zero attached hydrogens (tertiary/aromatic N) is 3. The van der Waals surface area contributed by atoms with Gasteiger partial charge in [-0.3, -0.25) is 0 Å². The van der Waals surface area contributed by atoms with Crippen molar-refractivity contribution in [3.63, 3.8) is 0 Å². The maximum Gasteiger partial charge on any atom is 0.114 e. The Morgan fingerprint density at radius 3 is 2.59 bits per heavy atom. The molecule has 0 radical (unpaired) electrons. The fourth-order valence-corrected chi connectivity index (χ4v) is 4.11. The van der Waals surface area contributed by atoms with Gasteiger partial charge in [0.25, 0.3) is 0 Å². The van der Waals surface area contributed by atoms with Gasteiger partial charge >= 0.3 is 0 Å². The van der Waals surface area contributed by atoms with E-state index in [2.05, 4.69) is 30.0 Å². The highest BCUT2D eigenvalue weighted by Gasteiger charge is 2.18. The monoisotopic (exact) mass is 311 g/mol. The van der Waals surface area contributed by atoms with Crippen molar-refractivity contribution in [2.24, 2.45) is 0 Å². The standard InChI is InChI=1S/C18H21N3S/c1-14-18(21-11-2-3-12-21)22-17(20-14)6-4-5-15-7-9-16(13-19)10-8-15/h7-10H,2-6,11-12H2,1H3. The third kappa shape index (κ3) is 3.48. The van der Waals surface area contributed by atoms with Crippen LogP contribution in [0.3, 0.4) is 0 Å². The van der Waals surface area contributed by atoms with Gasteiger partial charge in [-0.25, -0.2) is 4.98 Å². The zero-order chi connectivity index (χ0) is 15.4. The van der Waals surface area contributed by atoms with Crippen LogP contribution in [-0.4, -0.2) is 18.1 Å². The van der Waals surface area contributed by atoms with Gasteiger partial charge < -0.3 is 4.90 Å². The van der Waals surface area contributed by atoms with E-state index in [1.165, 1.54) is 47.2 Å². The molecule has 0 atom stereocenters. The Balaban J connectivity index is 1.55. The highest BCUT2D eigenvalue weighted by molar-refractivity contribution is 7.15. The van der Waals surface area contributed by atoms with E-state index in [1.807, 2.05) is 23.5 Å². The lowest BCUT2D eigenvalue weighted by Gasteiger charge is -2.14. The molecule has 0 bridgehead atoms. The van der Waals surface area contributed by atoms with Gasteiger partial charge in [0.05, 0.1) is 22.3 Å². The first kappa shape index (κ1) is 15.1. The molecule has 1 aliphatic rings. The molecule has 3 nitrogen and oxygen atoms in total. The maximum absolute atomic E-state index is 8.81. The lowest BCUT2D eigenvalue weighted by atomic mass is 10.1. The van der Waals surface area contributed by atoms with E-state index >= 15 is 0 Å². The summed E-state index contributed by atoms with van der Waals surface area (Å²) in [5, 5.41) is 11.4. The molecule has 2 heterocycles. The summed E-state index contributed by atoms with van der Waals surface area (Å²) in [7, 11) is 0. The van der Waals surface area contributed by atoms with Crippen molar-refractivity contribution < 1.29 is 0 Å². The fourth-order valence-electron chi connectivity index (χ4n) is 2.95. The Bertz CT molecular complexity index is 661. The molecule has 0 unspecified atom stereocenters. The summed E-state index contributed by atoms with van der Waals surface area (Å²) in [4.78, 5) is 7.23. The summed E-state index contributed by atoms with van der Waals surface area (Å²) >= 11 is 1.87. The normalized spacial score (nSPS) is 14.3. The van der Waals surface area contributed by atoms with Crippen molar-refractivity contribution in [3.8, 4) is 6.07 Å². The minimum Gasteiger partial charge on any atom is -0.362 e. The van der Waals surface area contributed by atoms with Crippen LogP contribution in [0.15, 0.2) is 24.3 Å². The fraction of sp³-hybridized carbons (Fsp3) is 0.444. The number of hydrogen-bond acceptors (Lipinski definition) is 4. The van der Waals surface area contributed by atoms with Gasteiger partial charge in [-0.2, -0.15) is 5.26 Å². The molecule has 0 aliphatic carbocycles. The molecule has 4 heteroatoms. The molecule has 0 spiro atoms. The van der Waals surface area contributed by atoms with Crippen molar-refractivity contribution in [1.82, 2.24) is 4.98 Å². The number of hydrogen-bond donors (Lipinski definition) is 0. The highest BCUT2D eigenvalue weighted by atomic mass is 32.1. The number of aryl methyl sites for hydroxylation is 3. The molecule has 1 fully saturated rings. The van der Waals surface area contributed by atoms with E-state index in [0.717, 1.165) is 24.8 Å². The Morgan fingerprint density at radius 1 is 1.18 bits per heavy atom. The molecule has 0 amide bonds. The van der Waals surface area contributed by atoms with Crippen molar-refractivity contribution in [3.05, 3.63) is 46.1 Å². The predicted octanol–water partition coefficient (Wildman–Crippen LogP) is 4.10. The molecule has 0 saturated carbocycles. The van der Waals surface area contributed by atoms with Crippen molar-refractivity contribution in [2.75, 3.05) is 18.0 Å². The van der Waals surface area contributed by atoms with Crippen LogP contribution in [0.25, 0.3) is 0 Å². The van der Waals surface area contributed by atoms with Crippen LogP contribution >= 0.6 is 11.3 Å². The minimum atomic E-state index is 0.731. The van der Waals surface area contributed by atoms with Crippen molar-refractivity contribution in [2.45, 2.75) is 39.0 Å². The number of rotatable bonds is 5. The number of aromatic nitrogens is 1. The van der Waals surface area contributed by atoms with Crippen LogP contribution in [0.5, 0.6) is 0 Å². The van der Waals surface area contributed by atoms with Gasteiger partial charge in [-0.15, -0.1) is 11.3 Å². The zero-order valence-corrected chi connectivity index (χ0v) is 13.8. The molecule has 1 saturated heterocycles. The molecule has 1 aromatic heterocycles. The van der Waals surface area contributed by atoms with Gasteiger partial charge in [-0.1, -0.05) is 12.1 Å². The summed E-state index contributed by atoms with van der Waals surface area (Å²) in [6, 6.07) is 10.1. The molecule has 1 aliphatic heterocycles. The second kappa shape index (κ2) is 6.93. The zero-order valence-electron chi connectivity index (χ0n) is 13.0. The Kier molecular flexibility index (Phi) is 4.74.